The summed E-state index contributed by atoms with van der Waals surface area (Å²) in [7, 11) is -3.64. The van der Waals surface area contributed by atoms with Crippen LogP contribution in [0.3, 0.4) is 0 Å². The molecule has 1 aromatic heterocycles. The average molecular weight is 344 g/mol. The predicted molar refractivity (Wildman–Crippen MR) is 83.4 cm³/mol. The Labute approximate surface area is 129 Å². The van der Waals surface area contributed by atoms with Gasteiger partial charge in [-0.3, -0.25) is 13.2 Å². The van der Waals surface area contributed by atoms with Crippen molar-refractivity contribution in [1.82, 2.24) is 0 Å². The molecule has 21 heavy (non-hydrogen) atoms. The summed E-state index contributed by atoms with van der Waals surface area (Å²) in [6.07, 6.45) is 0. The van der Waals surface area contributed by atoms with Gasteiger partial charge in [-0.1, -0.05) is 18.2 Å². The molecule has 0 aliphatic carbocycles. The second-order valence-corrected chi connectivity index (χ2v) is 8.27. The second kappa shape index (κ2) is 5.41. The van der Waals surface area contributed by atoms with E-state index in [1.54, 1.807) is 41.8 Å². The molecule has 0 bridgehead atoms. The minimum atomic E-state index is -3.64. The monoisotopic (exact) mass is 344 g/mol. The molecule has 0 amide bonds. The van der Waals surface area contributed by atoms with Crippen LogP contribution in [-0.4, -0.2) is 30.3 Å². The minimum absolute atomic E-state index is 0.129. The van der Waals surface area contributed by atoms with Crippen molar-refractivity contribution in [2.75, 3.05) is 21.7 Å². The molecule has 1 aromatic carbocycles. The molecule has 6 nitrogen and oxygen atoms in total. The fourth-order valence-corrected chi connectivity index (χ4v) is 5.37. The highest BCUT2D eigenvalue weighted by atomic mass is 32.2. The lowest BCUT2D eigenvalue weighted by atomic mass is 10.2. The molecule has 0 saturated carbocycles. The highest BCUT2D eigenvalue weighted by Gasteiger charge is 2.33. The van der Waals surface area contributed by atoms with Gasteiger partial charge in [0.05, 0.1) is 24.5 Å². The number of hydrogen-bond acceptors (Lipinski definition) is 4. The van der Waals surface area contributed by atoms with Crippen molar-refractivity contribution < 1.29 is 17.2 Å². The highest BCUT2D eigenvalue weighted by molar-refractivity contribution is 7.94. The Hall–Kier alpha value is -1.42. The predicted octanol–water partition coefficient (Wildman–Crippen LogP) is 1.90. The van der Waals surface area contributed by atoms with E-state index >= 15 is 0 Å². The fourth-order valence-electron chi connectivity index (χ4n) is 2.24. The number of nitrogens with zero attached hydrogens (tertiary/aromatic N) is 2. The first-order chi connectivity index (χ1) is 10.0. The van der Waals surface area contributed by atoms with Gasteiger partial charge in [0.2, 0.25) is 0 Å². The third-order valence-corrected chi connectivity index (χ3v) is 7.10. The average Bonchev–Trinajstić information content (AvgIpc) is 3.00. The van der Waals surface area contributed by atoms with Gasteiger partial charge in [-0.15, -0.1) is 11.3 Å². The minimum Gasteiger partial charge on any atom is -0.289 e. The molecule has 0 radical (unpaired) electrons. The summed E-state index contributed by atoms with van der Waals surface area (Å²) in [5.74, 6) is 0. The number of sulfonamides is 1. The molecular formula is C12H12N2O4S3. The van der Waals surface area contributed by atoms with Gasteiger partial charge in [0.15, 0.2) is 0 Å². The summed E-state index contributed by atoms with van der Waals surface area (Å²) in [5.41, 5.74) is 0.851. The van der Waals surface area contributed by atoms with E-state index in [2.05, 4.69) is 0 Å². The van der Waals surface area contributed by atoms with Crippen LogP contribution in [0.5, 0.6) is 0 Å². The maximum Gasteiger partial charge on any atom is 0.273 e. The topological polar surface area (TPSA) is 77.9 Å². The molecule has 2 aromatic rings. The standard InChI is InChI=1S/C12H12N2O4S3/c15-20(16)13-7-8-14(11-5-2-1-4-10(11)13)21(17,18)12-6-3-9-19-12/h1-6,9H,7-8H2,(H,15,16). The number of anilines is 2. The van der Waals surface area contributed by atoms with Gasteiger partial charge in [0, 0.05) is 0 Å². The fraction of sp³-hybridized carbons (Fsp3) is 0.167. The van der Waals surface area contributed by atoms with Crippen molar-refractivity contribution >= 4 is 44.0 Å². The largest absolute Gasteiger partial charge is 0.289 e. The quantitative estimate of drug-likeness (QED) is 0.863. The third-order valence-electron chi connectivity index (χ3n) is 3.15. The van der Waals surface area contributed by atoms with Crippen LogP contribution in [0.2, 0.25) is 0 Å². The zero-order chi connectivity index (χ0) is 15.0. The van der Waals surface area contributed by atoms with E-state index < -0.39 is 21.3 Å². The van der Waals surface area contributed by atoms with Gasteiger partial charge >= 0.3 is 0 Å². The van der Waals surface area contributed by atoms with Crippen LogP contribution in [0.25, 0.3) is 0 Å². The number of thiophene rings is 1. The molecule has 112 valence electrons. The highest BCUT2D eigenvalue weighted by Crippen LogP contribution is 2.37. The van der Waals surface area contributed by atoms with Crippen molar-refractivity contribution in [2.45, 2.75) is 4.21 Å². The van der Waals surface area contributed by atoms with E-state index in [9.17, 15) is 17.2 Å². The van der Waals surface area contributed by atoms with Gasteiger partial charge in [-0.25, -0.2) is 12.6 Å². The normalized spacial score (nSPS) is 16.6. The molecule has 1 unspecified atom stereocenters. The maximum atomic E-state index is 12.7. The zero-order valence-electron chi connectivity index (χ0n) is 10.7. The molecule has 0 spiro atoms. The number of fused-ring (bicyclic) bond motifs is 1. The smallest absolute Gasteiger partial charge is 0.273 e. The Morgan fingerprint density at radius 3 is 2.43 bits per heavy atom. The Kier molecular flexibility index (Phi) is 3.74. The molecule has 1 aliphatic rings. The molecule has 1 atom stereocenters. The zero-order valence-corrected chi connectivity index (χ0v) is 13.2. The molecule has 0 fully saturated rings. The molecule has 0 saturated heterocycles. The molecule has 1 aliphatic heterocycles. The number of benzene rings is 1. The van der Waals surface area contributed by atoms with E-state index in [-0.39, 0.29) is 17.3 Å². The maximum absolute atomic E-state index is 12.7. The summed E-state index contributed by atoms with van der Waals surface area (Å²) in [5, 5.41) is 1.71. The first-order valence-electron chi connectivity index (χ1n) is 6.05. The van der Waals surface area contributed by atoms with Crippen molar-refractivity contribution in [2.24, 2.45) is 0 Å². The first-order valence-corrected chi connectivity index (χ1v) is 9.44. The van der Waals surface area contributed by atoms with Crippen LogP contribution in [0.1, 0.15) is 0 Å². The van der Waals surface area contributed by atoms with Gasteiger partial charge in [-0.05, 0) is 23.6 Å². The Morgan fingerprint density at radius 1 is 1.10 bits per heavy atom. The van der Waals surface area contributed by atoms with E-state index in [0.717, 1.165) is 11.3 Å². The van der Waals surface area contributed by atoms with Crippen molar-refractivity contribution in [3.05, 3.63) is 41.8 Å². The SMILES string of the molecule is O=S(O)N1CCN(S(=O)(=O)c2cccs2)c2ccccc21. The van der Waals surface area contributed by atoms with E-state index in [4.69, 9.17) is 0 Å². The van der Waals surface area contributed by atoms with Crippen LogP contribution >= 0.6 is 11.3 Å². The van der Waals surface area contributed by atoms with Gasteiger partial charge in [-0.2, -0.15) is 0 Å². The van der Waals surface area contributed by atoms with Crippen LogP contribution in [0.15, 0.2) is 46.0 Å². The van der Waals surface area contributed by atoms with Crippen LogP contribution in [-0.2, 0) is 21.3 Å². The summed E-state index contributed by atoms with van der Waals surface area (Å²) < 4.78 is 48.9. The number of para-hydroxylation sites is 2. The van der Waals surface area contributed by atoms with Gasteiger partial charge in [0.25, 0.3) is 21.3 Å². The first kappa shape index (κ1) is 14.5. The van der Waals surface area contributed by atoms with Crippen LogP contribution in [0.4, 0.5) is 11.4 Å². The second-order valence-electron chi connectivity index (χ2n) is 4.33. The van der Waals surface area contributed by atoms with Crippen molar-refractivity contribution in [3.63, 3.8) is 0 Å². The summed E-state index contributed by atoms with van der Waals surface area (Å²) in [6, 6.07) is 9.93. The molecule has 1 N–H and O–H groups in total. The van der Waals surface area contributed by atoms with E-state index in [0.29, 0.717) is 11.4 Å². The van der Waals surface area contributed by atoms with Crippen molar-refractivity contribution in [3.8, 4) is 0 Å². The Morgan fingerprint density at radius 2 is 1.81 bits per heavy atom. The van der Waals surface area contributed by atoms with Gasteiger partial charge < -0.3 is 0 Å². The van der Waals surface area contributed by atoms with Crippen LogP contribution in [0, 0.1) is 0 Å². The van der Waals surface area contributed by atoms with Crippen LogP contribution < -0.4 is 8.61 Å². The van der Waals surface area contributed by atoms with Crippen molar-refractivity contribution in [1.29, 1.82) is 0 Å². The molecule has 9 heteroatoms. The number of hydrogen-bond donors (Lipinski definition) is 1. The van der Waals surface area contributed by atoms with E-state index in [1.165, 1.54) is 8.61 Å². The lowest BCUT2D eigenvalue weighted by Crippen LogP contribution is -2.44. The lowest BCUT2D eigenvalue weighted by molar-refractivity contribution is 0.556. The Bertz CT molecular complexity index is 774. The number of rotatable bonds is 3. The summed E-state index contributed by atoms with van der Waals surface area (Å²) in [4.78, 5) is 0. The molecular weight excluding hydrogens is 332 g/mol. The lowest BCUT2D eigenvalue weighted by Gasteiger charge is -2.35. The molecule has 3 rings (SSSR count). The van der Waals surface area contributed by atoms with Gasteiger partial charge in [0.1, 0.15) is 4.21 Å². The Balaban J connectivity index is 2.10. The van der Waals surface area contributed by atoms with E-state index in [1.807, 2.05) is 0 Å². The summed E-state index contributed by atoms with van der Waals surface area (Å²) >= 11 is -1.02. The summed E-state index contributed by atoms with van der Waals surface area (Å²) in [6.45, 7) is 0.286. The molecule has 2 heterocycles. The third kappa shape index (κ3) is 2.46.